The highest BCUT2D eigenvalue weighted by Crippen LogP contribution is 2.30. The Morgan fingerprint density at radius 1 is 1.30 bits per heavy atom. The quantitative estimate of drug-likeness (QED) is 0.921. The van der Waals surface area contributed by atoms with Crippen LogP contribution in [0.15, 0.2) is 30.5 Å². The minimum Gasteiger partial charge on any atom is -0.361 e. The van der Waals surface area contributed by atoms with E-state index < -0.39 is 0 Å². The van der Waals surface area contributed by atoms with E-state index in [2.05, 4.69) is 39.0 Å². The van der Waals surface area contributed by atoms with E-state index in [4.69, 9.17) is 0 Å². The van der Waals surface area contributed by atoms with E-state index in [1.807, 2.05) is 6.20 Å². The fourth-order valence-corrected chi connectivity index (χ4v) is 3.96. The van der Waals surface area contributed by atoms with Crippen LogP contribution in [0.2, 0.25) is 0 Å². The van der Waals surface area contributed by atoms with Gasteiger partial charge in [-0.25, -0.2) is 0 Å². The zero-order valence-corrected chi connectivity index (χ0v) is 13.8. The van der Waals surface area contributed by atoms with E-state index in [0.717, 1.165) is 19.6 Å². The summed E-state index contributed by atoms with van der Waals surface area (Å²) in [6, 6.07) is 9.67. The number of nitrogens with one attached hydrogen (secondary N) is 1. The average molecular weight is 311 g/mol. The zero-order valence-electron chi connectivity index (χ0n) is 13.8. The standard InChI is InChI=1S/C19H25N3O/c1-14(23)22(17-7-8-17)13-18-6-3-11-21(18)12-16-5-2-4-15-9-10-20-19(15)16/h2,4-5,9-10,17-18,20H,3,6-8,11-13H2,1H3/t18-/m0/s1. The Morgan fingerprint density at radius 2 is 2.17 bits per heavy atom. The van der Waals surface area contributed by atoms with Crippen LogP contribution in [-0.2, 0) is 11.3 Å². The summed E-state index contributed by atoms with van der Waals surface area (Å²) in [4.78, 5) is 20.0. The van der Waals surface area contributed by atoms with Crippen molar-refractivity contribution in [2.75, 3.05) is 13.1 Å². The molecule has 1 N–H and O–H groups in total. The van der Waals surface area contributed by atoms with Crippen LogP contribution < -0.4 is 0 Å². The molecule has 2 aromatic rings. The van der Waals surface area contributed by atoms with Gasteiger partial charge in [-0.05, 0) is 49.2 Å². The van der Waals surface area contributed by atoms with Crippen LogP contribution in [0.25, 0.3) is 10.9 Å². The normalized spacial score (nSPS) is 21.9. The minimum atomic E-state index is 0.241. The Hall–Kier alpha value is -1.81. The molecule has 23 heavy (non-hydrogen) atoms. The van der Waals surface area contributed by atoms with Crippen molar-refractivity contribution in [3.63, 3.8) is 0 Å². The molecule has 1 saturated heterocycles. The van der Waals surface area contributed by atoms with Gasteiger partial charge in [0, 0.05) is 43.8 Å². The second-order valence-corrected chi connectivity index (χ2v) is 7.03. The van der Waals surface area contributed by atoms with Crippen LogP contribution in [0.1, 0.15) is 38.2 Å². The van der Waals surface area contributed by atoms with Crippen molar-refractivity contribution in [3.8, 4) is 0 Å². The number of nitrogens with zero attached hydrogens (tertiary/aromatic N) is 2. The summed E-state index contributed by atoms with van der Waals surface area (Å²) in [6.45, 7) is 4.73. The number of hydrogen-bond donors (Lipinski definition) is 1. The molecule has 1 atom stereocenters. The molecule has 1 aromatic carbocycles. The molecular weight excluding hydrogens is 286 g/mol. The molecule has 1 aromatic heterocycles. The van der Waals surface area contributed by atoms with E-state index in [1.54, 1.807) is 6.92 Å². The summed E-state index contributed by atoms with van der Waals surface area (Å²) in [5.74, 6) is 0.241. The molecule has 0 radical (unpaired) electrons. The highest BCUT2D eigenvalue weighted by atomic mass is 16.2. The number of likely N-dealkylation sites (tertiary alicyclic amines) is 1. The predicted octanol–water partition coefficient (Wildman–Crippen LogP) is 3.14. The van der Waals surface area contributed by atoms with Gasteiger partial charge in [-0.2, -0.15) is 0 Å². The molecule has 0 unspecified atom stereocenters. The number of carbonyl (C=O) groups is 1. The molecule has 0 spiro atoms. The molecule has 2 fully saturated rings. The fraction of sp³-hybridized carbons (Fsp3) is 0.526. The third-order valence-corrected chi connectivity index (χ3v) is 5.35. The molecule has 2 heterocycles. The number of benzene rings is 1. The Bertz CT molecular complexity index is 703. The Balaban J connectivity index is 1.49. The summed E-state index contributed by atoms with van der Waals surface area (Å²) in [7, 11) is 0. The van der Waals surface area contributed by atoms with Crippen LogP contribution in [0.3, 0.4) is 0 Å². The van der Waals surface area contributed by atoms with Gasteiger partial charge in [-0.1, -0.05) is 18.2 Å². The van der Waals surface area contributed by atoms with E-state index >= 15 is 0 Å². The second-order valence-electron chi connectivity index (χ2n) is 7.03. The first-order valence-corrected chi connectivity index (χ1v) is 8.78. The van der Waals surface area contributed by atoms with Crippen molar-refractivity contribution in [3.05, 3.63) is 36.0 Å². The summed E-state index contributed by atoms with van der Waals surface area (Å²) in [5, 5.41) is 1.28. The van der Waals surface area contributed by atoms with Gasteiger partial charge >= 0.3 is 0 Å². The van der Waals surface area contributed by atoms with Crippen LogP contribution in [0.5, 0.6) is 0 Å². The molecule has 0 bridgehead atoms. The van der Waals surface area contributed by atoms with Crippen molar-refractivity contribution in [2.45, 2.75) is 51.2 Å². The first-order chi connectivity index (χ1) is 11.2. The van der Waals surface area contributed by atoms with Crippen molar-refractivity contribution < 1.29 is 4.79 Å². The van der Waals surface area contributed by atoms with Crippen LogP contribution in [0, 0.1) is 0 Å². The van der Waals surface area contributed by atoms with Gasteiger partial charge < -0.3 is 9.88 Å². The number of amides is 1. The largest absolute Gasteiger partial charge is 0.361 e. The first kappa shape index (κ1) is 14.8. The van der Waals surface area contributed by atoms with Crippen LogP contribution in [-0.4, -0.2) is 45.9 Å². The molecule has 122 valence electrons. The average Bonchev–Trinajstić information content (AvgIpc) is 3.08. The van der Waals surface area contributed by atoms with E-state index in [1.165, 1.54) is 42.1 Å². The van der Waals surface area contributed by atoms with Gasteiger partial charge in [-0.15, -0.1) is 0 Å². The number of rotatable bonds is 5. The molecule has 4 nitrogen and oxygen atoms in total. The maximum atomic E-state index is 11.9. The Morgan fingerprint density at radius 3 is 2.96 bits per heavy atom. The third kappa shape index (κ3) is 3.00. The van der Waals surface area contributed by atoms with Crippen molar-refractivity contribution in [1.82, 2.24) is 14.8 Å². The maximum absolute atomic E-state index is 11.9. The molecule has 1 aliphatic heterocycles. The lowest BCUT2D eigenvalue weighted by atomic mass is 10.1. The number of aromatic amines is 1. The number of hydrogen-bond acceptors (Lipinski definition) is 2. The minimum absolute atomic E-state index is 0.241. The van der Waals surface area contributed by atoms with E-state index in [-0.39, 0.29) is 5.91 Å². The summed E-state index contributed by atoms with van der Waals surface area (Å²) >= 11 is 0. The summed E-state index contributed by atoms with van der Waals surface area (Å²) < 4.78 is 0. The molecule has 4 rings (SSSR count). The highest BCUT2D eigenvalue weighted by Gasteiger charge is 2.35. The lowest BCUT2D eigenvalue weighted by Gasteiger charge is -2.30. The van der Waals surface area contributed by atoms with Gasteiger partial charge in [0.1, 0.15) is 0 Å². The molecule has 1 amide bonds. The molecule has 1 aliphatic carbocycles. The van der Waals surface area contributed by atoms with Gasteiger partial charge in [0.15, 0.2) is 0 Å². The Labute approximate surface area is 137 Å². The van der Waals surface area contributed by atoms with Crippen molar-refractivity contribution in [1.29, 1.82) is 0 Å². The lowest BCUT2D eigenvalue weighted by Crippen LogP contribution is -2.43. The summed E-state index contributed by atoms with van der Waals surface area (Å²) in [6.07, 6.45) is 6.83. The zero-order chi connectivity index (χ0) is 15.8. The fourth-order valence-electron chi connectivity index (χ4n) is 3.96. The first-order valence-electron chi connectivity index (χ1n) is 8.78. The molecule has 4 heteroatoms. The number of fused-ring (bicyclic) bond motifs is 1. The third-order valence-electron chi connectivity index (χ3n) is 5.35. The SMILES string of the molecule is CC(=O)N(C[C@@H]1CCCN1Cc1cccc2cc[nH]c12)C1CC1. The highest BCUT2D eigenvalue weighted by molar-refractivity contribution is 5.82. The van der Waals surface area contributed by atoms with E-state index in [0.29, 0.717) is 12.1 Å². The van der Waals surface area contributed by atoms with Crippen molar-refractivity contribution in [2.24, 2.45) is 0 Å². The Kier molecular flexibility index (Phi) is 3.85. The number of para-hydroxylation sites is 1. The van der Waals surface area contributed by atoms with Crippen molar-refractivity contribution >= 4 is 16.8 Å². The van der Waals surface area contributed by atoms with Gasteiger partial charge in [-0.3, -0.25) is 9.69 Å². The topological polar surface area (TPSA) is 39.3 Å². The monoisotopic (exact) mass is 311 g/mol. The maximum Gasteiger partial charge on any atom is 0.219 e. The second kappa shape index (κ2) is 6.00. The van der Waals surface area contributed by atoms with Crippen LogP contribution in [0.4, 0.5) is 0 Å². The molecular formula is C19H25N3O. The predicted molar refractivity (Wildman–Crippen MR) is 92.1 cm³/mol. The molecule has 1 saturated carbocycles. The number of carbonyl (C=O) groups excluding carboxylic acids is 1. The molecule has 2 aliphatic rings. The smallest absolute Gasteiger partial charge is 0.219 e. The van der Waals surface area contributed by atoms with E-state index in [9.17, 15) is 4.79 Å². The number of H-pyrrole nitrogens is 1. The van der Waals surface area contributed by atoms with Gasteiger partial charge in [0.05, 0.1) is 0 Å². The lowest BCUT2D eigenvalue weighted by molar-refractivity contribution is -0.130. The van der Waals surface area contributed by atoms with Gasteiger partial charge in [0.25, 0.3) is 0 Å². The van der Waals surface area contributed by atoms with Gasteiger partial charge in [0.2, 0.25) is 5.91 Å². The number of aromatic nitrogens is 1. The van der Waals surface area contributed by atoms with Crippen LogP contribution >= 0.6 is 0 Å². The summed E-state index contributed by atoms with van der Waals surface area (Å²) in [5.41, 5.74) is 2.61.